The molecular formula is C34H35N3O2. The van der Waals surface area contributed by atoms with Gasteiger partial charge in [-0.3, -0.25) is 4.79 Å². The van der Waals surface area contributed by atoms with Crippen LogP contribution in [0.1, 0.15) is 28.9 Å². The van der Waals surface area contributed by atoms with Crippen LogP contribution in [0.15, 0.2) is 97.1 Å². The Bertz CT molecular complexity index is 1520. The van der Waals surface area contributed by atoms with Crippen LogP contribution in [0.5, 0.6) is 5.75 Å². The van der Waals surface area contributed by atoms with Gasteiger partial charge in [-0.25, -0.2) is 4.98 Å². The first-order valence-corrected chi connectivity index (χ1v) is 13.6. The molecule has 0 bridgehead atoms. The van der Waals surface area contributed by atoms with Gasteiger partial charge >= 0.3 is 0 Å². The molecule has 4 aromatic carbocycles. The molecule has 39 heavy (non-hydrogen) atoms. The number of nitrogens with one attached hydrogen (secondary N) is 1. The molecule has 1 heterocycles. The number of carbonyl (C=O) groups excluding carboxylic acids is 1. The summed E-state index contributed by atoms with van der Waals surface area (Å²) in [6, 6.07) is 33.0. The molecule has 1 N–H and O–H groups in total. The van der Waals surface area contributed by atoms with Gasteiger partial charge in [-0.2, -0.15) is 0 Å². The zero-order valence-corrected chi connectivity index (χ0v) is 22.7. The number of hydrogen-bond donors (Lipinski definition) is 1. The van der Waals surface area contributed by atoms with Crippen molar-refractivity contribution >= 4 is 16.9 Å². The molecule has 0 aliphatic rings. The molecule has 0 atom stereocenters. The second-order valence-electron chi connectivity index (χ2n) is 10.0. The van der Waals surface area contributed by atoms with Crippen molar-refractivity contribution in [3.05, 3.63) is 120 Å². The van der Waals surface area contributed by atoms with Crippen molar-refractivity contribution in [1.82, 2.24) is 14.9 Å². The fourth-order valence-corrected chi connectivity index (χ4v) is 5.00. The first-order chi connectivity index (χ1) is 19.0. The lowest BCUT2D eigenvalue weighted by Crippen LogP contribution is -2.28. The maximum atomic E-state index is 12.7. The van der Waals surface area contributed by atoms with E-state index in [0.29, 0.717) is 26.0 Å². The summed E-state index contributed by atoms with van der Waals surface area (Å²) in [4.78, 5) is 17.5. The van der Waals surface area contributed by atoms with Crippen molar-refractivity contribution in [2.24, 2.45) is 0 Å². The normalized spacial score (nSPS) is 11.0. The van der Waals surface area contributed by atoms with E-state index in [1.54, 1.807) is 0 Å². The summed E-state index contributed by atoms with van der Waals surface area (Å²) in [5.74, 6) is 1.92. The Morgan fingerprint density at radius 1 is 0.846 bits per heavy atom. The van der Waals surface area contributed by atoms with Crippen molar-refractivity contribution in [3.63, 3.8) is 0 Å². The van der Waals surface area contributed by atoms with Crippen molar-refractivity contribution in [2.45, 2.75) is 39.7 Å². The lowest BCUT2D eigenvalue weighted by Gasteiger charge is -2.12. The minimum absolute atomic E-state index is 0.0203. The number of carbonyl (C=O) groups is 1. The maximum Gasteiger partial charge on any atom is 0.224 e. The molecule has 5 heteroatoms. The Kier molecular flexibility index (Phi) is 8.37. The topological polar surface area (TPSA) is 56.1 Å². The second-order valence-corrected chi connectivity index (χ2v) is 10.0. The van der Waals surface area contributed by atoms with Gasteiger partial charge in [-0.1, -0.05) is 72.8 Å². The summed E-state index contributed by atoms with van der Waals surface area (Å²) in [6.45, 7) is 6.16. The number of ether oxygens (including phenoxy) is 1. The fraction of sp³-hybridized carbons (Fsp3) is 0.235. The molecule has 0 unspecified atom stereocenters. The molecule has 0 aliphatic carbocycles. The molecule has 0 aliphatic heterocycles. The highest BCUT2D eigenvalue weighted by Gasteiger charge is 2.11. The molecule has 0 saturated carbocycles. The average molecular weight is 518 g/mol. The van der Waals surface area contributed by atoms with Gasteiger partial charge in [0.15, 0.2) is 0 Å². The molecule has 1 aromatic heterocycles. The quantitative estimate of drug-likeness (QED) is 0.199. The predicted octanol–water partition coefficient (Wildman–Crippen LogP) is 6.69. The third-order valence-electron chi connectivity index (χ3n) is 6.82. The second kappa shape index (κ2) is 12.4. The zero-order chi connectivity index (χ0) is 27.0. The van der Waals surface area contributed by atoms with Crippen LogP contribution in [0.4, 0.5) is 0 Å². The highest BCUT2D eigenvalue weighted by atomic mass is 16.5. The predicted molar refractivity (Wildman–Crippen MR) is 158 cm³/mol. The summed E-state index contributed by atoms with van der Waals surface area (Å²) in [6.07, 6.45) is 1.90. The van der Waals surface area contributed by atoms with Crippen LogP contribution in [0.3, 0.4) is 0 Å². The summed E-state index contributed by atoms with van der Waals surface area (Å²) in [5, 5.41) is 3.08. The van der Waals surface area contributed by atoms with Crippen LogP contribution in [-0.4, -0.2) is 28.6 Å². The smallest absolute Gasteiger partial charge is 0.224 e. The van der Waals surface area contributed by atoms with E-state index in [-0.39, 0.29) is 5.91 Å². The van der Waals surface area contributed by atoms with Gasteiger partial charge in [0.2, 0.25) is 5.91 Å². The van der Waals surface area contributed by atoms with E-state index < -0.39 is 0 Å². The van der Waals surface area contributed by atoms with Crippen LogP contribution in [0.2, 0.25) is 0 Å². The largest absolute Gasteiger partial charge is 0.494 e. The van der Waals surface area contributed by atoms with Crippen LogP contribution in [-0.2, 0) is 24.2 Å². The highest BCUT2D eigenvalue weighted by Crippen LogP contribution is 2.20. The third kappa shape index (κ3) is 6.94. The number of nitrogens with zero attached hydrogens (tertiary/aromatic N) is 2. The molecule has 1 amide bonds. The average Bonchev–Trinajstić information content (AvgIpc) is 3.28. The van der Waals surface area contributed by atoms with E-state index >= 15 is 0 Å². The number of hydrogen-bond acceptors (Lipinski definition) is 3. The van der Waals surface area contributed by atoms with E-state index in [1.807, 2.05) is 48.5 Å². The number of imidazole rings is 1. The Morgan fingerprint density at radius 2 is 1.54 bits per heavy atom. The number of amides is 1. The minimum atomic E-state index is 0.0203. The Hall–Kier alpha value is -4.38. The van der Waals surface area contributed by atoms with Crippen LogP contribution in [0, 0.1) is 13.8 Å². The van der Waals surface area contributed by atoms with E-state index in [0.717, 1.165) is 46.7 Å². The number of fused-ring (bicyclic) bond motifs is 1. The molecule has 0 fully saturated rings. The van der Waals surface area contributed by atoms with Gasteiger partial charge < -0.3 is 14.6 Å². The lowest BCUT2D eigenvalue weighted by molar-refractivity contribution is -0.120. The summed E-state index contributed by atoms with van der Waals surface area (Å²) >= 11 is 0. The maximum absolute atomic E-state index is 12.7. The Morgan fingerprint density at radius 3 is 2.31 bits per heavy atom. The SMILES string of the molecule is Cc1cc(C)cc(OCCCn2c(CCNC(=O)Cc3ccc(-c4ccccc4)cc3)nc3ccccc32)c1. The molecule has 0 radical (unpaired) electrons. The minimum Gasteiger partial charge on any atom is -0.494 e. The number of aryl methyl sites for hydroxylation is 3. The number of para-hydroxylation sites is 2. The molecule has 5 rings (SSSR count). The van der Waals surface area contributed by atoms with Gasteiger partial charge in [0.25, 0.3) is 0 Å². The summed E-state index contributed by atoms with van der Waals surface area (Å²) in [7, 11) is 0. The van der Waals surface area contributed by atoms with Gasteiger partial charge in [0.05, 0.1) is 24.1 Å². The van der Waals surface area contributed by atoms with E-state index in [9.17, 15) is 4.79 Å². The van der Waals surface area contributed by atoms with Gasteiger partial charge in [0, 0.05) is 19.5 Å². The van der Waals surface area contributed by atoms with Gasteiger partial charge in [0.1, 0.15) is 11.6 Å². The third-order valence-corrected chi connectivity index (χ3v) is 6.82. The van der Waals surface area contributed by atoms with Crippen LogP contribution >= 0.6 is 0 Å². The number of aromatic nitrogens is 2. The molecule has 5 nitrogen and oxygen atoms in total. The van der Waals surface area contributed by atoms with Gasteiger partial charge in [-0.15, -0.1) is 0 Å². The molecule has 0 spiro atoms. The van der Waals surface area contributed by atoms with Crippen molar-refractivity contribution in [1.29, 1.82) is 0 Å². The van der Waals surface area contributed by atoms with Gasteiger partial charge in [-0.05, 0) is 72.4 Å². The molecule has 0 saturated heterocycles. The lowest BCUT2D eigenvalue weighted by atomic mass is 10.0. The highest BCUT2D eigenvalue weighted by molar-refractivity contribution is 5.79. The van der Waals surface area contributed by atoms with Crippen molar-refractivity contribution in [2.75, 3.05) is 13.2 Å². The van der Waals surface area contributed by atoms with Crippen LogP contribution < -0.4 is 10.1 Å². The van der Waals surface area contributed by atoms with E-state index in [4.69, 9.17) is 9.72 Å². The van der Waals surface area contributed by atoms with Crippen molar-refractivity contribution < 1.29 is 9.53 Å². The molecule has 198 valence electrons. The van der Waals surface area contributed by atoms with Crippen molar-refractivity contribution in [3.8, 4) is 16.9 Å². The summed E-state index contributed by atoms with van der Waals surface area (Å²) in [5.41, 5.74) is 7.84. The first kappa shape index (κ1) is 26.2. The van der Waals surface area contributed by atoms with E-state index in [1.165, 1.54) is 16.7 Å². The zero-order valence-electron chi connectivity index (χ0n) is 22.7. The molecular weight excluding hydrogens is 482 g/mol. The summed E-state index contributed by atoms with van der Waals surface area (Å²) < 4.78 is 8.29. The molecule has 5 aromatic rings. The fourth-order valence-electron chi connectivity index (χ4n) is 5.00. The Balaban J connectivity index is 1.15. The Labute approximate surface area is 230 Å². The monoisotopic (exact) mass is 517 g/mol. The van der Waals surface area contributed by atoms with E-state index in [2.05, 4.69) is 72.3 Å². The van der Waals surface area contributed by atoms with Crippen LogP contribution in [0.25, 0.3) is 22.2 Å². The standard InChI is InChI=1S/C34H35N3O2/c1-25-21-26(2)23-30(22-25)39-20-8-19-37-32-12-7-6-11-31(32)36-33(37)17-18-35-34(38)24-27-13-15-29(16-14-27)28-9-4-3-5-10-28/h3-7,9-16,21-23H,8,17-20,24H2,1-2H3,(H,35,38). The first-order valence-electron chi connectivity index (χ1n) is 13.6. The number of benzene rings is 4. The number of rotatable bonds is 11.